The van der Waals surface area contributed by atoms with E-state index in [1.807, 2.05) is 31.2 Å². The fraction of sp³-hybridized carbons (Fsp3) is 0.188. The van der Waals surface area contributed by atoms with Crippen LogP contribution in [0, 0.1) is 6.92 Å². The molecule has 4 N–H and O–H groups in total. The van der Waals surface area contributed by atoms with Gasteiger partial charge in [0.15, 0.2) is 0 Å². The SMILES string of the molecule is Cc1cccc(N[C@@H](C)C(=O)Nc2cccc(S(N)(=O)=O)c2)c1. The summed E-state index contributed by atoms with van der Waals surface area (Å²) in [6.07, 6.45) is 0. The topological polar surface area (TPSA) is 101 Å². The lowest BCUT2D eigenvalue weighted by atomic mass is 10.2. The van der Waals surface area contributed by atoms with E-state index in [0.29, 0.717) is 5.69 Å². The van der Waals surface area contributed by atoms with Crippen LogP contribution in [0.2, 0.25) is 0 Å². The first-order valence-corrected chi connectivity index (χ1v) is 8.57. The minimum absolute atomic E-state index is 0.0467. The number of amides is 1. The molecule has 0 heterocycles. The monoisotopic (exact) mass is 333 g/mol. The summed E-state index contributed by atoms with van der Waals surface area (Å²) in [7, 11) is -3.80. The average molecular weight is 333 g/mol. The maximum Gasteiger partial charge on any atom is 0.246 e. The van der Waals surface area contributed by atoms with Crippen LogP contribution in [0.4, 0.5) is 11.4 Å². The first kappa shape index (κ1) is 17.0. The van der Waals surface area contributed by atoms with Crippen LogP contribution in [-0.2, 0) is 14.8 Å². The molecule has 6 nitrogen and oxygen atoms in total. The van der Waals surface area contributed by atoms with E-state index in [2.05, 4.69) is 10.6 Å². The van der Waals surface area contributed by atoms with E-state index in [-0.39, 0.29) is 10.8 Å². The number of nitrogens with one attached hydrogen (secondary N) is 2. The molecule has 0 aliphatic carbocycles. The van der Waals surface area contributed by atoms with E-state index in [1.54, 1.807) is 13.0 Å². The van der Waals surface area contributed by atoms with Crippen LogP contribution >= 0.6 is 0 Å². The predicted molar refractivity (Wildman–Crippen MR) is 90.7 cm³/mol. The van der Waals surface area contributed by atoms with Crippen molar-refractivity contribution < 1.29 is 13.2 Å². The fourth-order valence-electron chi connectivity index (χ4n) is 2.05. The van der Waals surface area contributed by atoms with Crippen molar-refractivity contribution >= 4 is 27.3 Å². The summed E-state index contributed by atoms with van der Waals surface area (Å²) in [6, 6.07) is 13.0. The van der Waals surface area contributed by atoms with Crippen molar-refractivity contribution in [2.45, 2.75) is 24.8 Å². The highest BCUT2D eigenvalue weighted by molar-refractivity contribution is 7.89. The van der Waals surface area contributed by atoms with Crippen LogP contribution in [-0.4, -0.2) is 20.4 Å². The number of nitrogens with two attached hydrogens (primary N) is 1. The molecule has 0 saturated carbocycles. The Labute approximate surface area is 135 Å². The Morgan fingerprint density at radius 3 is 2.39 bits per heavy atom. The van der Waals surface area contributed by atoms with E-state index < -0.39 is 16.1 Å². The quantitative estimate of drug-likeness (QED) is 0.779. The van der Waals surface area contributed by atoms with Crippen molar-refractivity contribution in [1.29, 1.82) is 0 Å². The highest BCUT2D eigenvalue weighted by atomic mass is 32.2. The molecule has 7 heteroatoms. The summed E-state index contributed by atoms with van der Waals surface area (Å²) in [5, 5.41) is 10.8. The maximum atomic E-state index is 12.2. The van der Waals surface area contributed by atoms with Gasteiger partial charge >= 0.3 is 0 Å². The summed E-state index contributed by atoms with van der Waals surface area (Å²) in [6.45, 7) is 3.69. The van der Waals surface area contributed by atoms with E-state index >= 15 is 0 Å². The molecular weight excluding hydrogens is 314 g/mol. The number of primary sulfonamides is 1. The summed E-state index contributed by atoms with van der Waals surface area (Å²) in [5.74, 6) is -0.280. The van der Waals surface area contributed by atoms with Crippen molar-refractivity contribution in [3.8, 4) is 0 Å². The minimum Gasteiger partial charge on any atom is -0.374 e. The van der Waals surface area contributed by atoms with E-state index in [4.69, 9.17) is 5.14 Å². The zero-order valence-corrected chi connectivity index (χ0v) is 13.7. The van der Waals surface area contributed by atoms with Crippen molar-refractivity contribution in [3.05, 3.63) is 54.1 Å². The lowest BCUT2D eigenvalue weighted by Gasteiger charge is -2.16. The van der Waals surface area contributed by atoms with Gasteiger partial charge in [-0.15, -0.1) is 0 Å². The third-order valence-electron chi connectivity index (χ3n) is 3.22. The largest absolute Gasteiger partial charge is 0.374 e. The molecule has 0 aliphatic heterocycles. The molecule has 0 aromatic heterocycles. The van der Waals surface area contributed by atoms with Gasteiger partial charge in [-0.05, 0) is 49.7 Å². The van der Waals surface area contributed by atoms with Gasteiger partial charge in [0, 0.05) is 11.4 Å². The first-order valence-electron chi connectivity index (χ1n) is 7.02. The van der Waals surface area contributed by atoms with Crippen LogP contribution in [0.1, 0.15) is 12.5 Å². The van der Waals surface area contributed by atoms with Gasteiger partial charge in [0.25, 0.3) is 0 Å². The number of rotatable bonds is 5. The summed E-state index contributed by atoms with van der Waals surface area (Å²) in [4.78, 5) is 12.2. The van der Waals surface area contributed by atoms with Gasteiger partial charge in [-0.3, -0.25) is 4.79 Å². The molecule has 122 valence electrons. The fourth-order valence-corrected chi connectivity index (χ4v) is 2.61. The Morgan fingerprint density at radius 2 is 1.74 bits per heavy atom. The molecule has 0 saturated heterocycles. The molecule has 1 atom stereocenters. The molecule has 0 aliphatic rings. The van der Waals surface area contributed by atoms with Gasteiger partial charge in [0.2, 0.25) is 15.9 Å². The van der Waals surface area contributed by atoms with E-state index in [1.165, 1.54) is 18.2 Å². The standard InChI is InChI=1S/C16H19N3O3S/c1-11-5-3-6-13(9-11)18-12(2)16(20)19-14-7-4-8-15(10-14)23(17,21)22/h3-10,12,18H,1-2H3,(H,19,20)(H2,17,21,22)/t12-/m0/s1. The molecule has 0 radical (unpaired) electrons. The Balaban J connectivity index is 2.07. The van der Waals surface area contributed by atoms with Gasteiger partial charge in [0.05, 0.1) is 4.90 Å². The average Bonchev–Trinajstić information content (AvgIpc) is 2.46. The molecular formula is C16H19N3O3S. The smallest absolute Gasteiger partial charge is 0.246 e. The Bertz CT molecular complexity index is 819. The summed E-state index contributed by atoms with van der Waals surface area (Å²) >= 11 is 0. The van der Waals surface area contributed by atoms with Crippen molar-refractivity contribution in [2.75, 3.05) is 10.6 Å². The van der Waals surface area contributed by atoms with E-state index in [9.17, 15) is 13.2 Å². The highest BCUT2D eigenvalue weighted by Crippen LogP contribution is 2.15. The van der Waals surface area contributed by atoms with Crippen LogP contribution in [0.15, 0.2) is 53.4 Å². The molecule has 23 heavy (non-hydrogen) atoms. The number of hydrogen-bond donors (Lipinski definition) is 3. The molecule has 2 aromatic rings. The Morgan fingerprint density at radius 1 is 1.09 bits per heavy atom. The molecule has 0 fully saturated rings. The van der Waals surface area contributed by atoms with Gasteiger partial charge < -0.3 is 10.6 Å². The van der Waals surface area contributed by atoms with E-state index in [0.717, 1.165) is 11.3 Å². The minimum atomic E-state index is -3.80. The molecule has 0 spiro atoms. The lowest BCUT2D eigenvalue weighted by molar-refractivity contribution is -0.116. The summed E-state index contributed by atoms with van der Waals surface area (Å²) < 4.78 is 22.7. The second-order valence-corrected chi connectivity index (χ2v) is 6.86. The molecule has 0 unspecified atom stereocenters. The lowest BCUT2D eigenvalue weighted by Crippen LogP contribution is -2.31. The number of benzene rings is 2. The normalized spacial score (nSPS) is 12.5. The molecule has 2 aromatic carbocycles. The second-order valence-electron chi connectivity index (χ2n) is 5.30. The Hall–Kier alpha value is -2.38. The molecule has 0 bridgehead atoms. The molecule has 2 rings (SSSR count). The predicted octanol–water partition coefficient (Wildman–Crippen LogP) is 2.08. The first-order chi connectivity index (χ1) is 10.8. The number of sulfonamides is 1. The van der Waals surface area contributed by atoms with Crippen LogP contribution in [0.3, 0.4) is 0 Å². The third kappa shape index (κ3) is 4.80. The number of hydrogen-bond acceptors (Lipinski definition) is 4. The number of carbonyl (C=O) groups is 1. The number of carbonyl (C=O) groups excluding carboxylic acids is 1. The van der Waals surface area contributed by atoms with Gasteiger partial charge in [-0.1, -0.05) is 18.2 Å². The summed E-state index contributed by atoms with van der Waals surface area (Å²) in [5.41, 5.74) is 2.30. The van der Waals surface area contributed by atoms with Gasteiger partial charge in [-0.25, -0.2) is 13.6 Å². The zero-order chi connectivity index (χ0) is 17.0. The zero-order valence-electron chi connectivity index (χ0n) is 12.9. The van der Waals surface area contributed by atoms with Crippen molar-refractivity contribution in [2.24, 2.45) is 5.14 Å². The number of anilines is 2. The van der Waals surface area contributed by atoms with Gasteiger partial charge in [0.1, 0.15) is 6.04 Å². The van der Waals surface area contributed by atoms with Crippen LogP contribution in [0.25, 0.3) is 0 Å². The van der Waals surface area contributed by atoms with Crippen LogP contribution < -0.4 is 15.8 Å². The third-order valence-corrected chi connectivity index (χ3v) is 4.14. The number of aryl methyl sites for hydroxylation is 1. The second kappa shape index (κ2) is 6.80. The van der Waals surface area contributed by atoms with Crippen LogP contribution in [0.5, 0.6) is 0 Å². The highest BCUT2D eigenvalue weighted by Gasteiger charge is 2.14. The van der Waals surface area contributed by atoms with Crippen molar-refractivity contribution in [1.82, 2.24) is 0 Å². The Kier molecular flexibility index (Phi) is 5.02. The van der Waals surface area contributed by atoms with Crippen molar-refractivity contribution in [3.63, 3.8) is 0 Å². The van der Waals surface area contributed by atoms with Gasteiger partial charge in [-0.2, -0.15) is 0 Å². The molecule has 1 amide bonds. The maximum absolute atomic E-state index is 12.2.